The van der Waals surface area contributed by atoms with E-state index >= 15 is 0 Å². The van der Waals surface area contributed by atoms with E-state index < -0.39 is 4.92 Å². The molecule has 0 radical (unpaired) electrons. The molecule has 2 aromatic carbocycles. The maximum Gasteiger partial charge on any atom is 0.269 e. The number of hydrogen-bond acceptors (Lipinski definition) is 3. The van der Waals surface area contributed by atoms with Gasteiger partial charge in [0.05, 0.1) is 11.0 Å². The standard InChI is InChI=1S/C18H20N2O3/c1-2-6-18(21)19-17(15-7-4-3-5-8-15)13-14-9-11-16(12-10-14)20(22)23/h3-5,7-12,17H,2,6,13H2,1H3,(H,19,21). The molecule has 0 spiro atoms. The molecule has 1 unspecified atom stereocenters. The fourth-order valence-corrected chi connectivity index (χ4v) is 2.42. The van der Waals surface area contributed by atoms with Crippen molar-refractivity contribution in [2.45, 2.75) is 32.2 Å². The van der Waals surface area contributed by atoms with E-state index in [1.165, 1.54) is 12.1 Å². The SMILES string of the molecule is CCCC(=O)NC(Cc1ccc([N+](=O)[O-])cc1)c1ccccc1. The number of nitrogens with one attached hydrogen (secondary N) is 1. The molecule has 0 saturated heterocycles. The Labute approximate surface area is 135 Å². The lowest BCUT2D eigenvalue weighted by Gasteiger charge is -2.19. The first-order valence-electron chi connectivity index (χ1n) is 7.67. The van der Waals surface area contributed by atoms with Gasteiger partial charge in [0.25, 0.3) is 5.69 Å². The topological polar surface area (TPSA) is 72.2 Å². The Balaban J connectivity index is 2.16. The number of carbonyl (C=O) groups is 1. The molecular formula is C18H20N2O3. The molecule has 0 bridgehead atoms. The van der Waals surface area contributed by atoms with Gasteiger partial charge in [0.1, 0.15) is 0 Å². The second kappa shape index (κ2) is 8.08. The van der Waals surface area contributed by atoms with Gasteiger partial charge in [-0.25, -0.2) is 0 Å². The average molecular weight is 312 g/mol. The summed E-state index contributed by atoms with van der Waals surface area (Å²) in [4.78, 5) is 22.3. The minimum absolute atomic E-state index is 0.0169. The molecule has 2 aromatic rings. The number of benzene rings is 2. The number of nitro groups is 1. The van der Waals surface area contributed by atoms with Crippen LogP contribution in [0.1, 0.15) is 36.9 Å². The molecule has 0 aliphatic carbocycles. The van der Waals surface area contributed by atoms with Gasteiger partial charge in [0, 0.05) is 18.6 Å². The minimum Gasteiger partial charge on any atom is -0.349 e. The van der Waals surface area contributed by atoms with Crippen LogP contribution in [0.3, 0.4) is 0 Å². The van der Waals surface area contributed by atoms with Gasteiger partial charge in [0.15, 0.2) is 0 Å². The smallest absolute Gasteiger partial charge is 0.269 e. The Morgan fingerprint density at radius 3 is 2.35 bits per heavy atom. The highest BCUT2D eigenvalue weighted by atomic mass is 16.6. The van der Waals surface area contributed by atoms with Gasteiger partial charge >= 0.3 is 0 Å². The quantitative estimate of drug-likeness (QED) is 0.624. The lowest BCUT2D eigenvalue weighted by atomic mass is 9.98. The van der Waals surface area contributed by atoms with Gasteiger partial charge in [-0.1, -0.05) is 49.4 Å². The third-order valence-electron chi connectivity index (χ3n) is 3.60. The van der Waals surface area contributed by atoms with Crippen molar-refractivity contribution in [1.29, 1.82) is 0 Å². The first-order valence-corrected chi connectivity index (χ1v) is 7.67. The summed E-state index contributed by atoms with van der Waals surface area (Å²) in [6.07, 6.45) is 1.88. The second-order valence-corrected chi connectivity index (χ2v) is 5.41. The first-order chi connectivity index (χ1) is 11.1. The zero-order chi connectivity index (χ0) is 16.7. The Bertz CT molecular complexity index is 654. The lowest BCUT2D eigenvalue weighted by molar-refractivity contribution is -0.384. The number of rotatable bonds is 7. The van der Waals surface area contributed by atoms with Crippen LogP contribution in [0.25, 0.3) is 0 Å². The Kier molecular flexibility index (Phi) is 5.86. The van der Waals surface area contributed by atoms with Crippen molar-refractivity contribution in [3.05, 3.63) is 75.8 Å². The minimum atomic E-state index is -0.415. The third-order valence-corrected chi connectivity index (χ3v) is 3.60. The van der Waals surface area contributed by atoms with Crippen LogP contribution in [0, 0.1) is 10.1 Å². The molecule has 0 saturated carbocycles. The maximum absolute atomic E-state index is 12.0. The molecule has 5 heteroatoms. The molecule has 1 amide bonds. The van der Waals surface area contributed by atoms with Crippen LogP contribution in [0.15, 0.2) is 54.6 Å². The van der Waals surface area contributed by atoms with E-state index in [0.29, 0.717) is 12.8 Å². The molecule has 0 aliphatic rings. The van der Waals surface area contributed by atoms with E-state index in [1.54, 1.807) is 12.1 Å². The van der Waals surface area contributed by atoms with E-state index in [9.17, 15) is 14.9 Å². The molecule has 0 fully saturated rings. The van der Waals surface area contributed by atoms with Crippen molar-refractivity contribution in [2.75, 3.05) is 0 Å². The zero-order valence-corrected chi connectivity index (χ0v) is 13.1. The third kappa shape index (κ3) is 4.92. The van der Waals surface area contributed by atoms with Crippen LogP contribution in [-0.2, 0) is 11.2 Å². The predicted molar refractivity (Wildman–Crippen MR) is 89.0 cm³/mol. The summed E-state index contributed by atoms with van der Waals surface area (Å²) in [7, 11) is 0. The summed E-state index contributed by atoms with van der Waals surface area (Å²) in [6, 6.07) is 16.1. The average Bonchev–Trinajstić information content (AvgIpc) is 2.56. The van der Waals surface area contributed by atoms with Crippen LogP contribution in [0.2, 0.25) is 0 Å². The van der Waals surface area contributed by atoms with Crippen LogP contribution >= 0.6 is 0 Å². The summed E-state index contributed by atoms with van der Waals surface area (Å²) >= 11 is 0. The van der Waals surface area contributed by atoms with E-state index in [0.717, 1.165) is 17.5 Å². The first kappa shape index (κ1) is 16.7. The van der Waals surface area contributed by atoms with Gasteiger partial charge in [-0.15, -0.1) is 0 Å². The van der Waals surface area contributed by atoms with E-state index in [2.05, 4.69) is 5.32 Å². The zero-order valence-electron chi connectivity index (χ0n) is 13.1. The van der Waals surface area contributed by atoms with E-state index in [4.69, 9.17) is 0 Å². The van der Waals surface area contributed by atoms with Gasteiger partial charge in [-0.3, -0.25) is 14.9 Å². The number of nitrogens with zero attached hydrogens (tertiary/aromatic N) is 1. The fourth-order valence-electron chi connectivity index (χ4n) is 2.42. The number of carbonyl (C=O) groups excluding carboxylic acids is 1. The summed E-state index contributed by atoms with van der Waals surface area (Å²) < 4.78 is 0. The van der Waals surface area contributed by atoms with E-state index in [1.807, 2.05) is 37.3 Å². The van der Waals surface area contributed by atoms with Crippen LogP contribution in [0.5, 0.6) is 0 Å². The van der Waals surface area contributed by atoms with E-state index in [-0.39, 0.29) is 17.6 Å². The number of hydrogen-bond donors (Lipinski definition) is 1. The summed E-state index contributed by atoms with van der Waals surface area (Å²) in [5, 5.41) is 13.8. The monoisotopic (exact) mass is 312 g/mol. The highest BCUT2D eigenvalue weighted by molar-refractivity contribution is 5.76. The van der Waals surface area contributed by atoms with Crippen LogP contribution in [0.4, 0.5) is 5.69 Å². The van der Waals surface area contributed by atoms with Crippen molar-refractivity contribution in [3.8, 4) is 0 Å². The van der Waals surface area contributed by atoms with Gasteiger partial charge < -0.3 is 5.32 Å². The molecule has 0 aliphatic heterocycles. The number of non-ortho nitro benzene ring substituents is 1. The van der Waals surface area contributed by atoms with Crippen molar-refractivity contribution in [1.82, 2.24) is 5.32 Å². The normalized spacial score (nSPS) is 11.7. The molecule has 23 heavy (non-hydrogen) atoms. The molecule has 120 valence electrons. The van der Waals surface area contributed by atoms with Crippen molar-refractivity contribution in [2.24, 2.45) is 0 Å². The van der Waals surface area contributed by atoms with Crippen LogP contribution in [-0.4, -0.2) is 10.8 Å². The fraction of sp³-hybridized carbons (Fsp3) is 0.278. The van der Waals surface area contributed by atoms with Crippen LogP contribution < -0.4 is 5.32 Å². The summed E-state index contributed by atoms with van der Waals surface area (Å²) in [5.41, 5.74) is 2.04. The maximum atomic E-state index is 12.0. The second-order valence-electron chi connectivity index (χ2n) is 5.41. The molecule has 0 heterocycles. The molecule has 2 rings (SSSR count). The molecule has 0 aromatic heterocycles. The highest BCUT2D eigenvalue weighted by Crippen LogP contribution is 2.20. The van der Waals surface area contributed by atoms with Gasteiger partial charge in [0.2, 0.25) is 5.91 Å². The number of nitro benzene ring substituents is 1. The van der Waals surface area contributed by atoms with Crippen molar-refractivity contribution >= 4 is 11.6 Å². The van der Waals surface area contributed by atoms with Crippen molar-refractivity contribution in [3.63, 3.8) is 0 Å². The molecular weight excluding hydrogens is 292 g/mol. The summed E-state index contributed by atoms with van der Waals surface area (Å²) in [5.74, 6) is 0.0169. The Morgan fingerprint density at radius 1 is 1.13 bits per heavy atom. The largest absolute Gasteiger partial charge is 0.349 e. The lowest BCUT2D eigenvalue weighted by Crippen LogP contribution is -2.29. The van der Waals surface area contributed by atoms with Gasteiger partial charge in [-0.05, 0) is 24.0 Å². The molecule has 1 atom stereocenters. The highest BCUT2D eigenvalue weighted by Gasteiger charge is 2.15. The van der Waals surface area contributed by atoms with Crippen molar-refractivity contribution < 1.29 is 9.72 Å². The van der Waals surface area contributed by atoms with Gasteiger partial charge in [-0.2, -0.15) is 0 Å². The molecule has 1 N–H and O–H groups in total. The summed E-state index contributed by atoms with van der Waals surface area (Å²) in [6.45, 7) is 1.97. The predicted octanol–water partition coefficient (Wildman–Crippen LogP) is 3.79. The molecule has 5 nitrogen and oxygen atoms in total. The Morgan fingerprint density at radius 2 is 1.78 bits per heavy atom. The number of amides is 1. The Hall–Kier alpha value is -2.69.